The highest BCUT2D eigenvalue weighted by Crippen LogP contribution is 2.47. The van der Waals surface area contributed by atoms with E-state index in [1.807, 2.05) is 25.4 Å². The zero-order valence-electron chi connectivity index (χ0n) is 20.2. The molecule has 36 heavy (non-hydrogen) atoms. The monoisotopic (exact) mass is 527 g/mol. The molecule has 3 aliphatic heterocycles. The summed E-state index contributed by atoms with van der Waals surface area (Å²) in [7, 11) is -1.80. The topological polar surface area (TPSA) is 102 Å². The van der Waals surface area contributed by atoms with Crippen molar-refractivity contribution in [2.45, 2.75) is 55.6 Å². The number of benzene rings is 1. The summed E-state index contributed by atoms with van der Waals surface area (Å²) in [6.07, 6.45) is 13.2. The number of sulfonamides is 1. The highest BCUT2D eigenvalue weighted by atomic mass is 32.2. The first-order valence-corrected chi connectivity index (χ1v) is 14.1. The van der Waals surface area contributed by atoms with Gasteiger partial charge in [-0.2, -0.15) is 9.30 Å². The number of hydrogen-bond donors (Lipinski definition) is 1. The van der Waals surface area contributed by atoms with Gasteiger partial charge in [-0.1, -0.05) is 36.8 Å². The van der Waals surface area contributed by atoms with Gasteiger partial charge in [0.25, 0.3) is 0 Å². The minimum Gasteiger partial charge on any atom is -0.460 e. The molecule has 1 saturated carbocycles. The van der Waals surface area contributed by atoms with Crippen molar-refractivity contribution in [3.63, 3.8) is 0 Å². The first-order valence-electron chi connectivity index (χ1n) is 12.3. The van der Waals surface area contributed by atoms with E-state index in [1.165, 1.54) is 4.31 Å². The first-order chi connectivity index (χ1) is 17.2. The maximum atomic E-state index is 13.6. The molecule has 2 fully saturated rings. The fourth-order valence-corrected chi connectivity index (χ4v) is 7.81. The molecule has 2 N–H and O–H groups in total. The summed E-state index contributed by atoms with van der Waals surface area (Å²) < 4.78 is 34.4. The van der Waals surface area contributed by atoms with Crippen LogP contribution >= 0.6 is 12.2 Å². The summed E-state index contributed by atoms with van der Waals surface area (Å²) in [5.41, 5.74) is 6.48. The van der Waals surface area contributed by atoms with Gasteiger partial charge >= 0.3 is 5.97 Å². The van der Waals surface area contributed by atoms with Crippen molar-refractivity contribution in [2.24, 2.45) is 16.1 Å². The predicted molar refractivity (Wildman–Crippen MR) is 141 cm³/mol. The van der Waals surface area contributed by atoms with E-state index in [-0.39, 0.29) is 16.4 Å². The number of nitrogens with zero attached hydrogens (tertiary/aromatic N) is 3. The Morgan fingerprint density at radius 1 is 1.19 bits per heavy atom. The molecule has 0 aromatic heterocycles. The molecule has 1 aromatic carbocycles. The molecule has 4 aliphatic rings. The van der Waals surface area contributed by atoms with Crippen molar-refractivity contribution in [1.82, 2.24) is 4.31 Å². The van der Waals surface area contributed by atoms with Crippen LogP contribution in [0, 0.1) is 5.41 Å². The van der Waals surface area contributed by atoms with E-state index in [4.69, 9.17) is 22.7 Å². The van der Waals surface area contributed by atoms with Crippen LogP contribution < -0.4 is 5.73 Å². The van der Waals surface area contributed by atoms with Gasteiger partial charge in [-0.05, 0) is 50.3 Å². The second-order valence-corrected chi connectivity index (χ2v) is 12.3. The minimum atomic E-state index is -3.82. The number of likely N-dealkylation sites (N-methyl/N-ethyl adjacent to an activating group) is 1. The van der Waals surface area contributed by atoms with Crippen LogP contribution in [0.25, 0.3) is 0 Å². The van der Waals surface area contributed by atoms with Crippen molar-refractivity contribution >= 4 is 39.0 Å². The Balaban J connectivity index is 1.44. The van der Waals surface area contributed by atoms with Crippen LogP contribution in [0.1, 0.15) is 38.5 Å². The fraction of sp³-hybridized carbons (Fsp3) is 0.423. The number of carbonyl (C=O) groups is 1. The summed E-state index contributed by atoms with van der Waals surface area (Å²) in [4.78, 5) is 18.4. The van der Waals surface area contributed by atoms with Crippen molar-refractivity contribution in [3.05, 3.63) is 66.7 Å². The normalized spacial score (nSPS) is 32.0. The Labute approximate surface area is 217 Å². The average Bonchev–Trinajstić information content (AvgIpc) is 3.51. The van der Waals surface area contributed by atoms with Crippen LogP contribution in [0.2, 0.25) is 0 Å². The highest BCUT2D eigenvalue weighted by Gasteiger charge is 2.52. The van der Waals surface area contributed by atoms with Gasteiger partial charge in [0.15, 0.2) is 0 Å². The van der Waals surface area contributed by atoms with Gasteiger partial charge in [0.2, 0.25) is 15.9 Å². The Morgan fingerprint density at radius 2 is 1.97 bits per heavy atom. The molecule has 3 heterocycles. The maximum absolute atomic E-state index is 13.6. The molecule has 4 unspecified atom stereocenters. The summed E-state index contributed by atoms with van der Waals surface area (Å²) in [6.45, 7) is 0.278. The number of fused-ring (bicyclic) bond motifs is 1. The number of allylic oxidation sites excluding steroid dienone is 1. The Hall–Kier alpha value is -2.66. The molecule has 190 valence electrons. The largest absolute Gasteiger partial charge is 0.460 e. The molecule has 5 rings (SSSR count). The van der Waals surface area contributed by atoms with E-state index in [2.05, 4.69) is 11.2 Å². The van der Waals surface area contributed by atoms with Gasteiger partial charge in [-0.15, -0.1) is 0 Å². The number of hydrogen-bond acceptors (Lipinski definition) is 6. The number of rotatable bonds is 6. The number of thiocarbonyl (C=S) groups is 1. The van der Waals surface area contributed by atoms with E-state index in [0.29, 0.717) is 30.2 Å². The van der Waals surface area contributed by atoms with Gasteiger partial charge in [0.05, 0.1) is 28.5 Å². The molecule has 1 aliphatic carbocycles. The molecule has 0 amide bonds. The predicted octanol–water partition coefficient (Wildman–Crippen LogP) is 3.38. The number of quaternary nitrogens is 1. The van der Waals surface area contributed by atoms with Gasteiger partial charge in [0, 0.05) is 18.2 Å². The highest BCUT2D eigenvalue weighted by molar-refractivity contribution is 7.89. The van der Waals surface area contributed by atoms with E-state index in [0.717, 1.165) is 24.3 Å². The number of aliphatic imine (C=N–C) groups is 1. The summed E-state index contributed by atoms with van der Waals surface area (Å²) in [5, 5.41) is 0. The minimum absolute atomic E-state index is 0.172. The van der Waals surface area contributed by atoms with Crippen molar-refractivity contribution < 1.29 is 22.4 Å². The molecule has 0 radical (unpaired) electrons. The second-order valence-electron chi connectivity index (χ2n) is 9.94. The molecular weight excluding hydrogens is 496 g/mol. The van der Waals surface area contributed by atoms with E-state index < -0.39 is 33.6 Å². The molecule has 0 spiro atoms. The van der Waals surface area contributed by atoms with E-state index in [1.54, 1.807) is 36.5 Å². The van der Waals surface area contributed by atoms with Crippen LogP contribution in [0.5, 0.6) is 0 Å². The third-order valence-electron chi connectivity index (χ3n) is 7.77. The molecule has 8 nitrogen and oxygen atoms in total. The van der Waals surface area contributed by atoms with Crippen LogP contribution in [0.3, 0.4) is 0 Å². The molecule has 4 atom stereocenters. The maximum Gasteiger partial charge on any atom is 0.324 e. The zero-order chi connectivity index (χ0) is 25.6. The van der Waals surface area contributed by atoms with Gasteiger partial charge in [0.1, 0.15) is 24.5 Å². The number of carbonyl (C=O) groups excluding carboxylic acids is 1. The lowest BCUT2D eigenvalue weighted by Crippen LogP contribution is -2.53. The molecule has 1 aromatic rings. The standard InChI is InChI=1S/C26H30N4O4S2/c1-30-17-15-28-23(30)13-12-19(18-30)26(25(27)35)14-6-5-11-22(26)34-24(31)21-10-7-16-29(21)36(32,33)20-8-3-2-4-9-20/h2-4,8-9,12-13,15,17-18,21-22H,5-7,10-11,14,16H2,1H3,(H-,27,35)/p+1. The van der Waals surface area contributed by atoms with Crippen LogP contribution in [0.4, 0.5) is 0 Å². The Bertz CT molecular complexity index is 1300. The quantitative estimate of drug-likeness (QED) is 0.346. The zero-order valence-corrected chi connectivity index (χ0v) is 21.9. The third-order valence-corrected chi connectivity index (χ3v) is 10.1. The lowest BCUT2D eigenvalue weighted by atomic mass is 9.66. The molecule has 10 heteroatoms. The summed E-state index contributed by atoms with van der Waals surface area (Å²) in [5.74, 6) is 0.345. The third kappa shape index (κ3) is 4.06. The molecular formula is C26H31N4O4S2+. The average molecular weight is 528 g/mol. The molecule has 0 bridgehead atoms. The van der Waals surface area contributed by atoms with Crippen LogP contribution in [-0.2, 0) is 19.6 Å². The van der Waals surface area contributed by atoms with Gasteiger partial charge in [-0.25, -0.2) is 12.9 Å². The lowest BCUT2D eigenvalue weighted by molar-refractivity contribution is -0.704. The Morgan fingerprint density at radius 3 is 2.72 bits per heavy atom. The van der Waals surface area contributed by atoms with E-state index in [9.17, 15) is 13.2 Å². The van der Waals surface area contributed by atoms with Crippen molar-refractivity contribution in [1.29, 1.82) is 0 Å². The van der Waals surface area contributed by atoms with Crippen molar-refractivity contribution in [2.75, 3.05) is 13.6 Å². The molecule has 1 saturated heterocycles. The SMILES string of the molecule is C[N+]12C=CN=C1C=CC(C1(C(N)=S)CCCCC1OC(=O)C1CCCN1S(=O)(=O)c1ccccc1)=C2. The summed E-state index contributed by atoms with van der Waals surface area (Å²) in [6, 6.07) is 7.33. The number of nitrogens with two attached hydrogens (primary N) is 1. The Kier molecular flexibility index (Phi) is 6.48. The van der Waals surface area contributed by atoms with Crippen LogP contribution in [0.15, 0.2) is 76.5 Å². The van der Waals surface area contributed by atoms with Crippen molar-refractivity contribution in [3.8, 4) is 0 Å². The van der Waals surface area contributed by atoms with Gasteiger partial charge < -0.3 is 10.5 Å². The number of amidine groups is 1. The number of esters is 1. The smallest absolute Gasteiger partial charge is 0.324 e. The van der Waals surface area contributed by atoms with E-state index >= 15 is 0 Å². The second kappa shape index (κ2) is 9.33. The van der Waals surface area contributed by atoms with Crippen LogP contribution in [-0.4, -0.2) is 59.7 Å². The van der Waals surface area contributed by atoms with Gasteiger partial charge in [-0.3, -0.25) is 4.79 Å². The fourth-order valence-electron chi connectivity index (χ4n) is 5.79. The first kappa shape index (κ1) is 25.0. The summed E-state index contributed by atoms with van der Waals surface area (Å²) >= 11 is 5.63. The lowest BCUT2D eigenvalue weighted by Gasteiger charge is -2.45. The number of ether oxygens (including phenoxy) is 1.